The minimum atomic E-state index is -0.248. The minimum Gasteiger partial charge on any atom is -0.349 e. The average Bonchev–Trinajstić information content (AvgIpc) is 3.16. The van der Waals surface area contributed by atoms with Gasteiger partial charge in [-0.2, -0.15) is 5.26 Å². The van der Waals surface area contributed by atoms with Gasteiger partial charge < -0.3 is 5.32 Å². The van der Waals surface area contributed by atoms with E-state index in [-0.39, 0.29) is 17.5 Å². The molecular weight excluding hydrogens is 272 g/mol. The van der Waals surface area contributed by atoms with Crippen LogP contribution in [0.2, 0.25) is 0 Å². The molecule has 2 aliphatic carbocycles. The normalized spacial score (nSPS) is 28.2. The Balaban J connectivity index is 1.65. The van der Waals surface area contributed by atoms with Gasteiger partial charge in [-0.1, -0.05) is 36.8 Å². The van der Waals surface area contributed by atoms with Gasteiger partial charge in [0.15, 0.2) is 0 Å². The summed E-state index contributed by atoms with van der Waals surface area (Å²) in [6.07, 6.45) is 6.88. The van der Waals surface area contributed by atoms with Crippen molar-refractivity contribution in [3.8, 4) is 6.07 Å². The maximum absolute atomic E-state index is 12.4. The SMILES string of the molecule is CC(NC(=O)/C(C#N)=C/c1ccccc1)C1CC2CCC1C2. The second kappa shape index (κ2) is 6.36. The van der Waals surface area contributed by atoms with Gasteiger partial charge in [-0.25, -0.2) is 0 Å². The second-order valence-electron chi connectivity index (χ2n) is 6.68. The molecule has 3 heteroatoms. The number of nitrogens with zero attached hydrogens (tertiary/aromatic N) is 1. The molecule has 0 heterocycles. The van der Waals surface area contributed by atoms with Crippen molar-refractivity contribution < 1.29 is 4.79 Å². The third-order valence-electron chi connectivity index (χ3n) is 5.27. The summed E-state index contributed by atoms with van der Waals surface area (Å²) in [5.41, 5.74) is 1.06. The molecule has 0 radical (unpaired) electrons. The van der Waals surface area contributed by atoms with Crippen LogP contribution in [-0.4, -0.2) is 11.9 Å². The number of hydrogen-bond acceptors (Lipinski definition) is 2. The average molecular weight is 294 g/mol. The molecule has 3 rings (SSSR count). The highest BCUT2D eigenvalue weighted by molar-refractivity contribution is 6.01. The fourth-order valence-corrected chi connectivity index (χ4v) is 4.16. The van der Waals surface area contributed by atoms with Crippen molar-refractivity contribution in [1.82, 2.24) is 5.32 Å². The van der Waals surface area contributed by atoms with Gasteiger partial charge in [-0.05, 0) is 55.6 Å². The Labute approximate surface area is 132 Å². The van der Waals surface area contributed by atoms with E-state index in [1.54, 1.807) is 6.08 Å². The van der Waals surface area contributed by atoms with Crippen LogP contribution in [0, 0.1) is 29.1 Å². The van der Waals surface area contributed by atoms with Gasteiger partial charge in [0, 0.05) is 6.04 Å². The van der Waals surface area contributed by atoms with Crippen molar-refractivity contribution in [2.45, 2.75) is 38.6 Å². The van der Waals surface area contributed by atoms with E-state index in [1.165, 1.54) is 25.7 Å². The van der Waals surface area contributed by atoms with Crippen LogP contribution in [0.15, 0.2) is 35.9 Å². The molecule has 1 amide bonds. The zero-order chi connectivity index (χ0) is 15.5. The highest BCUT2D eigenvalue weighted by atomic mass is 16.1. The molecule has 2 saturated carbocycles. The Kier molecular flexibility index (Phi) is 4.29. The summed E-state index contributed by atoms with van der Waals surface area (Å²) in [7, 11) is 0. The molecule has 2 fully saturated rings. The summed E-state index contributed by atoms with van der Waals surface area (Å²) in [6, 6.07) is 11.7. The van der Waals surface area contributed by atoms with Gasteiger partial charge in [0.05, 0.1) is 0 Å². The lowest BCUT2D eigenvalue weighted by molar-refractivity contribution is -0.118. The van der Waals surface area contributed by atoms with Crippen LogP contribution >= 0.6 is 0 Å². The molecule has 0 aromatic heterocycles. The second-order valence-corrected chi connectivity index (χ2v) is 6.68. The summed E-state index contributed by atoms with van der Waals surface area (Å²) in [5.74, 6) is 1.97. The molecule has 0 saturated heterocycles. The van der Waals surface area contributed by atoms with Crippen LogP contribution in [0.5, 0.6) is 0 Å². The molecule has 22 heavy (non-hydrogen) atoms. The Morgan fingerprint density at radius 1 is 1.32 bits per heavy atom. The minimum absolute atomic E-state index is 0.148. The predicted molar refractivity (Wildman–Crippen MR) is 86.6 cm³/mol. The fraction of sp³-hybridized carbons (Fsp3) is 0.474. The van der Waals surface area contributed by atoms with E-state index in [0.29, 0.717) is 5.92 Å². The first-order valence-electron chi connectivity index (χ1n) is 8.15. The maximum Gasteiger partial charge on any atom is 0.262 e. The molecule has 0 spiro atoms. The summed E-state index contributed by atoms with van der Waals surface area (Å²) in [4.78, 5) is 12.4. The third-order valence-corrected chi connectivity index (χ3v) is 5.27. The zero-order valence-corrected chi connectivity index (χ0v) is 13.0. The van der Waals surface area contributed by atoms with Crippen molar-refractivity contribution >= 4 is 12.0 Å². The summed E-state index contributed by atoms with van der Waals surface area (Å²) < 4.78 is 0. The number of carbonyl (C=O) groups excluding carboxylic acids is 1. The first kappa shape index (κ1) is 14.8. The maximum atomic E-state index is 12.4. The van der Waals surface area contributed by atoms with Crippen LogP contribution in [0.3, 0.4) is 0 Å². The lowest BCUT2D eigenvalue weighted by Gasteiger charge is -2.28. The van der Waals surface area contributed by atoms with Crippen LogP contribution in [0.1, 0.15) is 38.2 Å². The number of carbonyl (C=O) groups is 1. The van der Waals surface area contributed by atoms with E-state index in [1.807, 2.05) is 36.4 Å². The Bertz CT molecular complexity index is 614. The number of nitrogens with one attached hydrogen (secondary N) is 1. The standard InChI is InChI=1S/C19H22N2O/c1-13(18-11-15-7-8-16(18)10-15)21-19(22)17(12-20)9-14-5-3-2-4-6-14/h2-6,9,13,15-16,18H,7-8,10-11H2,1H3,(H,21,22)/b17-9+. The summed E-state index contributed by atoms with van der Waals surface area (Å²) >= 11 is 0. The largest absolute Gasteiger partial charge is 0.349 e. The molecule has 1 aromatic rings. The molecule has 0 aliphatic heterocycles. The first-order valence-corrected chi connectivity index (χ1v) is 8.15. The van der Waals surface area contributed by atoms with E-state index >= 15 is 0 Å². The Morgan fingerprint density at radius 3 is 2.68 bits per heavy atom. The van der Waals surface area contributed by atoms with E-state index in [2.05, 4.69) is 12.2 Å². The first-order chi connectivity index (χ1) is 10.7. The number of rotatable bonds is 4. The van der Waals surface area contributed by atoms with Crippen molar-refractivity contribution in [3.63, 3.8) is 0 Å². The summed E-state index contributed by atoms with van der Waals surface area (Å²) in [6.45, 7) is 2.08. The number of amides is 1. The Hall–Kier alpha value is -2.08. The quantitative estimate of drug-likeness (QED) is 0.682. The van der Waals surface area contributed by atoms with Crippen molar-refractivity contribution in [2.24, 2.45) is 17.8 Å². The van der Waals surface area contributed by atoms with Crippen molar-refractivity contribution in [3.05, 3.63) is 41.5 Å². The number of nitriles is 1. The van der Waals surface area contributed by atoms with Gasteiger partial charge in [0.2, 0.25) is 0 Å². The molecule has 2 bridgehead atoms. The molecule has 1 aromatic carbocycles. The van der Waals surface area contributed by atoms with Crippen LogP contribution < -0.4 is 5.32 Å². The van der Waals surface area contributed by atoms with Gasteiger partial charge in [-0.3, -0.25) is 4.79 Å². The van der Waals surface area contributed by atoms with E-state index in [4.69, 9.17) is 0 Å². The number of fused-ring (bicyclic) bond motifs is 2. The lowest BCUT2D eigenvalue weighted by Crippen LogP contribution is -2.40. The van der Waals surface area contributed by atoms with Crippen molar-refractivity contribution in [2.75, 3.05) is 0 Å². The van der Waals surface area contributed by atoms with E-state index in [9.17, 15) is 10.1 Å². The molecule has 2 aliphatic rings. The van der Waals surface area contributed by atoms with Crippen LogP contribution in [0.4, 0.5) is 0 Å². The van der Waals surface area contributed by atoms with Gasteiger partial charge in [0.25, 0.3) is 5.91 Å². The molecular formula is C19H22N2O. The monoisotopic (exact) mass is 294 g/mol. The summed E-state index contributed by atoms with van der Waals surface area (Å²) in [5, 5.41) is 12.3. The molecule has 1 N–H and O–H groups in total. The van der Waals surface area contributed by atoms with Gasteiger partial charge in [-0.15, -0.1) is 0 Å². The van der Waals surface area contributed by atoms with E-state index < -0.39 is 0 Å². The topological polar surface area (TPSA) is 52.9 Å². The molecule has 4 unspecified atom stereocenters. The predicted octanol–water partition coefficient (Wildman–Crippen LogP) is 3.53. The smallest absolute Gasteiger partial charge is 0.262 e. The van der Waals surface area contributed by atoms with Crippen LogP contribution in [0.25, 0.3) is 6.08 Å². The molecule has 3 nitrogen and oxygen atoms in total. The molecule has 4 atom stereocenters. The highest BCUT2D eigenvalue weighted by Crippen LogP contribution is 2.49. The lowest BCUT2D eigenvalue weighted by atomic mass is 9.84. The highest BCUT2D eigenvalue weighted by Gasteiger charge is 2.42. The zero-order valence-electron chi connectivity index (χ0n) is 13.0. The van der Waals surface area contributed by atoms with Crippen molar-refractivity contribution in [1.29, 1.82) is 5.26 Å². The molecule has 114 valence electrons. The van der Waals surface area contributed by atoms with Gasteiger partial charge in [0.1, 0.15) is 11.6 Å². The number of hydrogen-bond donors (Lipinski definition) is 1. The number of benzene rings is 1. The Morgan fingerprint density at radius 2 is 2.09 bits per heavy atom. The fourth-order valence-electron chi connectivity index (χ4n) is 4.16. The van der Waals surface area contributed by atoms with Gasteiger partial charge >= 0.3 is 0 Å². The van der Waals surface area contributed by atoms with Crippen LogP contribution in [-0.2, 0) is 4.79 Å². The third kappa shape index (κ3) is 3.06. The van der Waals surface area contributed by atoms with E-state index in [0.717, 1.165) is 17.4 Å².